The molecule has 11 atom stereocenters. The van der Waals surface area contributed by atoms with Gasteiger partial charge in [0.05, 0.1) is 88.8 Å². The molecule has 10 aromatic carbocycles. The van der Waals surface area contributed by atoms with Crippen LogP contribution in [0.15, 0.2) is 204 Å². The molecule has 20 heteroatoms. The Morgan fingerprint density at radius 3 is 0.616 bits per heavy atom. The summed E-state index contributed by atoms with van der Waals surface area (Å²) in [7, 11) is 0. The summed E-state index contributed by atoms with van der Waals surface area (Å²) in [6, 6.07) is 57.6. The Bertz CT molecular complexity index is 6060. The number of fused-ring (bicyclic) bond motifs is 5. The van der Waals surface area contributed by atoms with Crippen molar-refractivity contribution in [1.82, 2.24) is 0 Å². The molecular formula is C92H60O20. The maximum absolute atomic E-state index is 13.5. The monoisotopic (exact) mass is 1480 g/mol. The van der Waals surface area contributed by atoms with Crippen LogP contribution in [0.2, 0.25) is 0 Å². The molecule has 0 aromatic heterocycles. The van der Waals surface area contributed by atoms with Gasteiger partial charge in [-0.2, -0.15) is 0 Å². The smallest absolute Gasteiger partial charge is 0.311 e. The molecule has 0 saturated carbocycles. The first-order valence-electron chi connectivity index (χ1n) is 36.9. The molecule has 112 heavy (non-hydrogen) atoms. The summed E-state index contributed by atoms with van der Waals surface area (Å²) in [5, 5.41) is 107. The molecule has 0 aliphatic heterocycles. The second-order valence-electron chi connectivity index (χ2n) is 31.6. The van der Waals surface area contributed by atoms with Crippen LogP contribution in [-0.4, -0.2) is 111 Å². The summed E-state index contributed by atoms with van der Waals surface area (Å²) in [4.78, 5) is 131. The predicted octanol–water partition coefficient (Wildman–Crippen LogP) is 13.8. The lowest BCUT2D eigenvalue weighted by molar-refractivity contribution is -0.145. The predicted molar refractivity (Wildman–Crippen MR) is 399 cm³/mol. The van der Waals surface area contributed by atoms with Crippen LogP contribution in [0.3, 0.4) is 0 Å². The summed E-state index contributed by atoms with van der Waals surface area (Å²) in [6.45, 7) is 2.16. The molecular weight excluding hydrogens is 1420 g/mol. The highest BCUT2D eigenvalue weighted by atomic mass is 16.4. The minimum atomic E-state index is -1.51. The van der Waals surface area contributed by atoms with Gasteiger partial charge >= 0.3 is 59.7 Å². The van der Waals surface area contributed by atoms with E-state index in [0.717, 1.165) is 134 Å². The van der Waals surface area contributed by atoms with E-state index in [4.69, 9.17) is 0 Å². The van der Waals surface area contributed by atoms with Crippen LogP contribution in [0.4, 0.5) is 0 Å². The summed E-state index contributed by atoms with van der Waals surface area (Å²) in [6.07, 6.45) is -3.52. The van der Waals surface area contributed by atoms with Crippen molar-refractivity contribution in [1.29, 1.82) is 0 Å². The van der Waals surface area contributed by atoms with Gasteiger partial charge < -0.3 is 51.1 Å². The van der Waals surface area contributed by atoms with Gasteiger partial charge in [0.15, 0.2) is 0 Å². The fourth-order valence-electron chi connectivity index (χ4n) is 24.5. The topological polar surface area (TPSA) is 373 Å². The van der Waals surface area contributed by atoms with Crippen molar-refractivity contribution in [2.24, 2.45) is 5.41 Å². The summed E-state index contributed by atoms with van der Waals surface area (Å²) in [5.41, 5.74) is 15.8. The van der Waals surface area contributed by atoms with Crippen molar-refractivity contribution in [2.75, 3.05) is 0 Å². The highest BCUT2D eigenvalue weighted by molar-refractivity contribution is 6.15. The number of carboxylic acids is 10. The molecule has 0 amide bonds. The Morgan fingerprint density at radius 2 is 0.420 bits per heavy atom. The molecule has 0 bridgehead atoms. The molecule has 7 unspecified atom stereocenters. The lowest BCUT2D eigenvalue weighted by Crippen LogP contribution is -2.63. The van der Waals surface area contributed by atoms with Gasteiger partial charge in [-0.3, -0.25) is 47.9 Å². The molecule has 0 heterocycles. The molecule has 11 aliphatic rings. The van der Waals surface area contributed by atoms with E-state index in [1.165, 1.54) is 0 Å². The van der Waals surface area contributed by atoms with E-state index in [9.17, 15) is 99.0 Å². The molecule has 548 valence electrons. The van der Waals surface area contributed by atoms with Gasteiger partial charge in [0.2, 0.25) is 0 Å². The number of aliphatic carboxylic acids is 10. The number of benzene rings is 10. The van der Waals surface area contributed by atoms with Crippen LogP contribution in [0, 0.1) is 5.41 Å². The van der Waals surface area contributed by atoms with Gasteiger partial charge in [-0.1, -0.05) is 189 Å². The normalized spacial score (nSPS) is 23.6. The van der Waals surface area contributed by atoms with Gasteiger partial charge in [0.1, 0.15) is 0 Å². The maximum atomic E-state index is 13.5. The minimum absolute atomic E-state index is 0.209. The Hall–Kier alpha value is -13.6. The molecule has 0 radical (unpaired) electrons. The van der Waals surface area contributed by atoms with Crippen molar-refractivity contribution < 1.29 is 99.0 Å². The zero-order valence-corrected chi connectivity index (χ0v) is 59.0. The van der Waals surface area contributed by atoms with E-state index in [1.54, 1.807) is 60.7 Å². The highest BCUT2D eigenvalue weighted by Gasteiger charge is 2.86. The standard InChI is InChI=1S/C92H60O20/c1-2-87-80-78-79-81(87)91(46-19-9-41(10-20-46)61(85(109)110)36-66(99)100)73-53-28-26-51-49-24-23-48-50-25-27-52-54-29-31-56-57-32-30-55(53)75(91)77(57)92(87,47-21-11-42(12-22-47)62(86(111)112)37-67(101)102)76(56)74(54)90(80,45-17-7-40(8-18-45)60(84(107)108)35-65(97)98)72(52)70(50)88(78,43-13-3-38(4-14-43)58(82(103)104)33-63(93)94)68(48)69(49)89(79,71(51)73)44-15-5-39(6-16-44)59(83(105)106)34-64(95)96/h3-32,58-62H,2,33-37H2,1H3,(H,93,94)(H,95,96)(H,97,98)(H,99,100)(H,101,102)(H,103,104)(H,105,106)(H,107,108)(H,109,110)(H,111,112)/t58?,59?,60?,61?,62?,87?,88-,89+,90-,91+,92?. The van der Waals surface area contributed by atoms with Crippen LogP contribution >= 0.6 is 0 Å². The number of carbonyl (C=O) groups is 10. The third kappa shape index (κ3) is 7.10. The number of allylic oxidation sites excluding steroid dienone is 4. The third-order valence-electron chi connectivity index (χ3n) is 27.6. The third-order valence-corrected chi connectivity index (χ3v) is 27.6. The van der Waals surface area contributed by atoms with Crippen LogP contribution in [0.1, 0.15) is 186 Å². The first-order valence-corrected chi connectivity index (χ1v) is 36.9. The minimum Gasteiger partial charge on any atom is -0.481 e. The van der Waals surface area contributed by atoms with Crippen LogP contribution < -0.4 is 0 Å². The van der Waals surface area contributed by atoms with Crippen molar-refractivity contribution >= 4 is 59.7 Å². The Morgan fingerprint density at radius 1 is 0.241 bits per heavy atom. The average molecular weight is 1490 g/mol. The fraction of sp³-hybridized carbons (Fsp3) is 0.196. The van der Waals surface area contributed by atoms with Gasteiger partial charge in [-0.15, -0.1) is 0 Å². The Balaban J connectivity index is 1.04. The quantitative estimate of drug-likeness (QED) is 0.0241. The molecule has 11 aliphatic carbocycles. The van der Waals surface area contributed by atoms with E-state index in [0.29, 0.717) is 27.8 Å². The van der Waals surface area contributed by atoms with Crippen molar-refractivity contribution in [3.8, 4) is 55.6 Å². The molecule has 20 nitrogen and oxygen atoms in total. The zero-order chi connectivity index (χ0) is 77.7. The van der Waals surface area contributed by atoms with E-state index in [-0.39, 0.29) is 34.2 Å². The van der Waals surface area contributed by atoms with Gasteiger partial charge in [0, 0.05) is 5.41 Å². The number of rotatable bonds is 26. The lowest BCUT2D eigenvalue weighted by Gasteiger charge is -2.66. The first-order chi connectivity index (χ1) is 53.7. The van der Waals surface area contributed by atoms with Gasteiger partial charge in [-0.05, 0) is 196 Å². The second kappa shape index (κ2) is 21.4. The SMILES string of the molecule is CCC12C3=C4C5=C1[C@@]1(c6ccc(C(CC(=O)O)C(=O)O)cc6)c6c7ccc8c6C2(c2ccc(C(CC(=O)O)C(=O)O)cc2)c2c-8ccc6c2[C@]3(c2ccc(C(CC(=O)O)C(=O)O)cc2)c2c-6ccc3c2[C@]4(c2ccc(C(CC(=O)O)C(=O)O)cc2)c2c-3ccc3c2[C@]5(c2ccc(C(CC(=O)O)C(=O)O)cc2)c2c-3ccc-7c21. The van der Waals surface area contributed by atoms with Gasteiger partial charge in [-0.25, -0.2) is 0 Å². The number of hydrogen-bond acceptors (Lipinski definition) is 10. The average Bonchev–Trinajstić information content (AvgIpc) is 1.39. The summed E-state index contributed by atoms with van der Waals surface area (Å²) in [5.74, 6) is -21.0. The summed E-state index contributed by atoms with van der Waals surface area (Å²) >= 11 is 0. The van der Waals surface area contributed by atoms with Crippen molar-refractivity contribution in [3.05, 3.63) is 316 Å². The largest absolute Gasteiger partial charge is 0.481 e. The molecule has 10 aromatic rings. The molecule has 0 saturated heterocycles. The first kappa shape index (κ1) is 66.6. The van der Waals surface area contributed by atoms with E-state index in [1.807, 2.05) is 60.7 Å². The van der Waals surface area contributed by atoms with E-state index >= 15 is 0 Å². The van der Waals surface area contributed by atoms with E-state index < -0.39 is 154 Å². The Kier molecular flexibility index (Phi) is 12.7. The van der Waals surface area contributed by atoms with Crippen LogP contribution in [-0.2, 0) is 75.0 Å². The Labute approximate surface area is 634 Å². The summed E-state index contributed by atoms with van der Waals surface area (Å²) < 4.78 is 0. The molecule has 0 fully saturated rings. The molecule has 10 N–H and O–H groups in total. The lowest BCUT2D eigenvalue weighted by atomic mass is 9.34. The maximum Gasteiger partial charge on any atom is 0.311 e. The van der Waals surface area contributed by atoms with Crippen LogP contribution in [0.5, 0.6) is 0 Å². The van der Waals surface area contributed by atoms with Gasteiger partial charge in [0.25, 0.3) is 0 Å². The molecule has 0 spiro atoms. The van der Waals surface area contributed by atoms with Crippen molar-refractivity contribution in [3.63, 3.8) is 0 Å². The van der Waals surface area contributed by atoms with Crippen molar-refractivity contribution in [2.45, 2.75) is 102 Å². The second-order valence-corrected chi connectivity index (χ2v) is 31.6. The molecule has 21 rings (SSSR count). The fourth-order valence-corrected chi connectivity index (χ4v) is 24.5. The zero-order valence-electron chi connectivity index (χ0n) is 59.0. The van der Waals surface area contributed by atoms with E-state index in [2.05, 4.69) is 67.6 Å². The number of hydrogen-bond donors (Lipinski definition) is 10. The number of carboxylic acid groups (broad SMARTS) is 10. The highest BCUT2D eigenvalue weighted by Crippen LogP contribution is 2.93. The van der Waals surface area contributed by atoms with Crippen LogP contribution in [0.25, 0.3) is 55.6 Å².